The van der Waals surface area contributed by atoms with Gasteiger partial charge in [0.1, 0.15) is 11.9 Å². The molecule has 24 heavy (non-hydrogen) atoms. The van der Waals surface area contributed by atoms with Crippen LogP contribution in [0.4, 0.5) is 10.2 Å². The van der Waals surface area contributed by atoms with Crippen LogP contribution < -0.4 is 9.64 Å². The minimum atomic E-state index is -0.436. The van der Waals surface area contributed by atoms with Gasteiger partial charge in [0.05, 0.1) is 24.3 Å². The molecule has 1 aliphatic rings. The van der Waals surface area contributed by atoms with Gasteiger partial charge in [-0.2, -0.15) is 0 Å². The molecule has 0 spiro atoms. The molecule has 0 aliphatic carbocycles. The molecule has 0 saturated carbocycles. The molecule has 128 valence electrons. The topological polar surface area (TPSA) is 47.5 Å². The number of nitrogens with zero attached hydrogens (tertiary/aromatic N) is 3. The number of halogens is 2. The Hall–Kier alpha value is -1.92. The monoisotopic (exact) mass is 351 g/mol. The maximum absolute atomic E-state index is 13.4. The number of benzene rings is 1. The highest BCUT2D eigenvalue weighted by atomic mass is 35.5. The van der Waals surface area contributed by atoms with Gasteiger partial charge in [0.15, 0.2) is 5.82 Å². The summed E-state index contributed by atoms with van der Waals surface area (Å²) in [6.45, 7) is 5.66. The first-order valence-electron chi connectivity index (χ1n) is 7.83. The Kier molecular flexibility index (Phi) is 5.16. The van der Waals surface area contributed by atoms with Gasteiger partial charge in [0.25, 0.3) is 5.88 Å². The number of ether oxygens (including phenoxy) is 2. The SMILES string of the molecule is CC(C)Oc1nccnc1N1CCOC(c2ccc(F)c(Cl)c2)C1. The molecule has 0 radical (unpaired) electrons. The van der Waals surface area contributed by atoms with Crippen molar-refractivity contribution in [3.8, 4) is 5.88 Å². The van der Waals surface area contributed by atoms with Crippen LogP contribution in [-0.4, -0.2) is 35.8 Å². The van der Waals surface area contributed by atoms with Gasteiger partial charge < -0.3 is 14.4 Å². The molecule has 1 aromatic carbocycles. The molecule has 2 aromatic rings. The Labute approximate surface area is 145 Å². The summed E-state index contributed by atoms with van der Waals surface area (Å²) in [4.78, 5) is 10.8. The van der Waals surface area contributed by atoms with Crippen LogP contribution in [0.3, 0.4) is 0 Å². The van der Waals surface area contributed by atoms with Gasteiger partial charge in [-0.25, -0.2) is 14.4 Å². The lowest BCUT2D eigenvalue weighted by Gasteiger charge is -2.34. The van der Waals surface area contributed by atoms with Crippen LogP contribution in [0, 0.1) is 5.82 Å². The molecule has 1 atom stereocenters. The Morgan fingerprint density at radius 3 is 2.88 bits per heavy atom. The summed E-state index contributed by atoms with van der Waals surface area (Å²) in [6.07, 6.45) is 3.04. The zero-order valence-electron chi connectivity index (χ0n) is 13.6. The third-order valence-corrected chi connectivity index (χ3v) is 3.96. The lowest BCUT2D eigenvalue weighted by Crippen LogP contribution is -2.39. The van der Waals surface area contributed by atoms with Gasteiger partial charge in [0.2, 0.25) is 0 Å². The van der Waals surface area contributed by atoms with E-state index in [1.54, 1.807) is 24.5 Å². The maximum Gasteiger partial charge on any atom is 0.257 e. The van der Waals surface area contributed by atoms with E-state index in [-0.39, 0.29) is 17.2 Å². The second kappa shape index (κ2) is 7.32. The summed E-state index contributed by atoms with van der Waals surface area (Å²) in [5.74, 6) is 0.757. The summed E-state index contributed by atoms with van der Waals surface area (Å²) in [5.41, 5.74) is 0.835. The van der Waals surface area contributed by atoms with Crippen molar-refractivity contribution >= 4 is 17.4 Å². The van der Waals surface area contributed by atoms with Crippen molar-refractivity contribution < 1.29 is 13.9 Å². The second-order valence-electron chi connectivity index (χ2n) is 5.83. The highest BCUT2D eigenvalue weighted by Gasteiger charge is 2.26. The molecular formula is C17H19ClFN3O2. The van der Waals surface area contributed by atoms with Crippen molar-refractivity contribution in [3.63, 3.8) is 0 Å². The van der Waals surface area contributed by atoms with Crippen molar-refractivity contribution in [2.24, 2.45) is 0 Å². The van der Waals surface area contributed by atoms with Gasteiger partial charge in [-0.3, -0.25) is 0 Å². The molecule has 1 aromatic heterocycles. The molecular weight excluding hydrogens is 333 g/mol. The van der Waals surface area contributed by atoms with Crippen LogP contribution in [0.15, 0.2) is 30.6 Å². The smallest absolute Gasteiger partial charge is 0.257 e. The quantitative estimate of drug-likeness (QED) is 0.841. The van der Waals surface area contributed by atoms with E-state index >= 15 is 0 Å². The largest absolute Gasteiger partial charge is 0.472 e. The van der Waals surface area contributed by atoms with E-state index in [0.717, 1.165) is 5.56 Å². The third kappa shape index (κ3) is 3.76. The van der Waals surface area contributed by atoms with E-state index in [1.807, 2.05) is 13.8 Å². The van der Waals surface area contributed by atoms with Crippen molar-refractivity contribution in [1.82, 2.24) is 9.97 Å². The van der Waals surface area contributed by atoms with E-state index in [1.165, 1.54) is 6.07 Å². The molecule has 1 saturated heterocycles. The van der Waals surface area contributed by atoms with Crippen molar-refractivity contribution in [2.75, 3.05) is 24.6 Å². The number of aromatic nitrogens is 2. The summed E-state index contributed by atoms with van der Waals surface area (Å²) >= 11 is 5.88. The first-order chi connectivity index (χ1) is 11.5. The zero-order chi connectivity index (χ0) is 17.1. The van der Waals surface area contributed by atoms with E-state index in [0.29, 0.717) is 31.4 Å². The highest BCUT2D eigenvalue weighted by molar-refractivity contribution is 6.30. The number of hydrogen-bond donors (Lipinski definition) is 0. The highest BCUT2D eigenvalue weighted by Crippen LogP contribution is 2.31. The molecule has 5 nitrogen and oxygen atoms in total. The van der Waals surface area contributed by atoms with Crippen LogP contribution in [0.5, 0.6) is 5.88 Å². The van der Waals surface area contributed by atoms with Gasteiger partial charge in [0, 0.05) is 18.9 Å². The fourth-order valence-corrected chi connectivity index (χ4v) is 2.79. The molecule has 0 bridgehead atoms. The van der Waals surface area contributed by atoms with Crippen LogP contribution in [0.25, 0.3) is 0 Å². The lowest BCUT2D eigenvalue weighted by atomic mass is 10.1. The maximum atomic E-state index is 13.4. The average Bonchev–Trinajstić information content (AvgIpc) is 2.57. The van der Waals surface area contributed by atoms with E-state index < -0.39 is 5.82 Å². The van der Waals surface area contributed by atoms with Crippen LogP contribution in [0.2, 0.25) is 5.02 Å². The van der Waals surface area contributed by atoms with Gasteiger partial charge in [-0.15, -0.1) is 0 Å². The van der Waals surface area contributed by atoms with Crippen LogP contribution in [0.1, 0.15) is 25.5 Å². The van der Waals surface area contributed by atoms with E-state index in [4.69, 9.17) is 21.1 Å². The average molecular weight is 352 g/mol. The number of morpholine rings is 1. The Balaban J connectivity index is 1.82. The molecule has 2 heterocycles. The standard InChI is InChI=1S/C17H19ClFN3O2/c1-11(2)24-17-16(20-5-6-21-17)22-7-8-23-15(10-22)12-3-4-14(19)13(18)9-12/h3-6,9,11,15H,7-8,10H2,1-2H3. The number of rotatable bonds is 4. The number of anilines is 1. The first kappa shape index (κ1) is 16.9. The van der Waals surface area contributed by atoms with Crippen molar-refractivity contribution in [3.05, 3.63) is 47.0 Å². The molecule has 3 rings (SSSR count). The van der Waals surface area contributed by atoms with E-state index in [2.05, 4.69) is 14.9 Å². The van der Waals surface area contributed by atoms with Gasteiger partial charge in [-0.05, 0) is 31.5 Å². The van der Waals surface area contributed by atoms with Gasteiger partial charge in [-0.1, -0.05) is 17.7 Å². The molecule has 1 unspecified atom stereocenters. The molecule has 0 N–H and O–H groups in total. The Bertz CT molecular complexity index is 714. The van der Waals surface area contributed by atoms with Crippen molar-refractivity contribution in [2.45, 2.75) is 26.1 Å². The van der Waals surface area contributed by atoms with Crippen LogP contribution >= 0.6 is 11.6 Å². The predicted octanol–water partition coefficient (Wildman–Crippen LogP) is 3.63. The predicted molar refractivity (Wildman–Crippen MR) is 90.1 cm³/mol. The van der Waals surface area contributed by atoms with Crippen LogP contribution in [-0.2, 0) is 4.74 Å². The molecule has 7 heteroatoms. The fraction of sp³-hybridized carbons (Fsp3) is 0.412. The van der Waals surface area contributed by atoms with Crippen molar-refractivity contribution in [1.29, 1.82) is 0 Å². The molecule has 0 amide bonds. The summed E-state index contributed by atoms with van der Waals surface area (Å²) in [7, 11) is 0. The second-order valence-corrected chi connectivity index (χ2v) is 6.24. The van der Waals surface area contributed by atoms with Gasteiger partial charge >= 0.3 is 0 Å². The van der Waals surface area contributed by atoms with E-state index in [9.17, 15) is 4.39 Å². The third-order valence-electron chi connectivity index (χ3n) is 3.68. The Morgan fingerprint density at radius 1 is 1.33 bits per heavy atom. The normalized spacial score (nSPS) is 18.0. The number of hydrogen-bond acceptors (Lipinski definition) is 5. The molecule has 1 fully saturated rings. The fourth-order valence-electron chi connectivity index (χ4n) is 2.60. The Morgan fingerprint density at radius 2 is 2.12 bits per heavy atom. The summed E-state index contributed by atoms with van der Waals surface area (Å²) in [5, 5.41) is 0.0940. The zero-order valence-corrected chi connectivity index (χ0v) is 14.3. The minimum absolute atomic E-state index is 0.00759. The first-order valence-corrected chi connectivity index (χ1v) is 8.21. The molecule has 1 aliphatic heterocycles. The summed E-state index contributed by atoms with van der Waals surface area (Å²) < 4.78 is 24.9. The summed E-state index contributed by atoms with van der Waals surface area (Å²) in [6, 6.07) is 4.65. The minimum Gasteiger partial charge on any atom is -0.472 e. The lowest BCUT2D eigenvalue weighted by molar-refractivity contribution is 0.0391.